The van der Waals surface area contributed by atoms with Gasteiger partial charge >= 0.3 is 5.97 Å². The van der Waals surface area contributed by atoms with Gasteiger partial charge in [-0.05, 0) is 36.2 Å². The first-order valence-corrected chi connectivity index (χ1v) is 12.0. The van der Waals surface area contributed by atoms with Crippen LogP contribution in [-0.4, -0.2) is 46.0 Å². The molecule has 2 aromatic carbocycles. The Bertz CT molecular complexity index is 1280. The Kier molecular flexibility index (Phi) is 7.69. The van der Waals surface area contributed by atoms with Gasteiger partial charge in [0.1, 0.15) is 12.6 Å². The number of ether oxygens (including phenoxy) is 2. The smallest absolute Gasteiger partial charge is 0.338 e. The first kappa shape index (κ1) is 24.7. The number of halogens is 1. The maximum absolute atomic E-state index is 13.0. The van der Waals surface area contributed by atoms with Gasteiger partial charge in [-0.2, -0.15) is 4.98 Å². The SMILES string of the molecule is COCCOC(=O)C1=C(C)Nc2nc(SCc3ccccc3Cl)nn2[C@H]1c1ccc([N+](=O)[O-])cc1. The number of hydrogen-bond acceptors (Lipinski definition) is 9. The van der Waals surface area contributed by atoms with Gasteiger partial charge in [0, 0.05) is 35.7 Å². The second kappa shape index (κ2) is 10.9. The van der Waals surface area contributed by atoms with Gasteiger partial charge < -0.3 is 14.8 Å². The monoisotopic (exact) mass is 515 g/mol. The van der Waals surface area contributed by atoms with Gasteiger partial charge in [-0.15, -0.1) is 5.10 Å². The highest BCUT2D eigenvalue weighted by Gasteiger charge is 2.35. The summed E-state index contributed by atoms with van der Waals surface area (Å²) in [5.41, 5.74) is 2.41. The summed E-state index contributed by atoms with van der Waals surface area (Å²) in [4.78, 5) is 28.3. The zero-order valence-corrected chi connectivity index (χ0v) is 20.5. The van der Waals surface area contributed by atoms with Crippen LogP contribution in [0.4, 0.5) is 11.6 Å². The molecule has 3 aromatic rings. The third-order valence-electron chi connectivity index (χ3n) is 5.31. The standard InChI is InChI=1S/C23H22ClN5O5S/c1-14-19(21(30)34-12-11-33-2)20(15-7-9-17(10-8-15)29(31)32)28-22(25-14)26-23(27-28)35-13-16-5-3-4-6-18(16)24/h3-10,20H,11-13H2,1-2H3,(H,25,26,27)/t20-/m0/s1. The zero-order chi connectivity index (χ0) is 24.9. The van der Waals surface area contributed by atoms with Gasteiger partial charge in [0.25, 0.3) is 5.69 Å². The van der Waals surface area contributed by atoms with E-state index in [1.807, 2.05) is 24.3 Å². The molecule has 1 aliphatic heterocycles. The largest absolute Gasteiger partial charge is 0.460 e. The Hall–Kier alpha value is -3.41. The summed E-state index contributed by atoms with van der Waals surface area (Å²) < 4.78 is 12.0. The number of benzene rings is 2. The highest BCUT2D eigenvalue weighted by Crippen LogP contribution is 2.37. The average Bonchev–Trinajstić information content (AvgIpc) is 3.25. The topological polar surface area (TPSA) is 121 Å². The fourth-order valence-corrected chi connectivity index (χ4v) is 4.71. The molecule has 0 saturated heterocycles. The predicted molar refractivity (Wildman–Crippen MR) is 131 cm³/mol. The number of nitrogens with one attached hydrogen (secondary N) is 1. The summed E-state index contributed by atoms with van der Waals surface area (Å²) in [5.74, 6) is 0.465. The van der Waals surface area contributed by atoms with Crippen molar-refractivity contribution < 1.29 is 19.2 Å². The van der Waals surface area contributed by atoms with Gasteiger partial charge in [0.15, 0.2) is 0 Å². The third-order valence-corrected chi connectivity index (χ3v) is 6.56. The molecule has 1 aromatic heterocycles. The summed E-state index contributed by atoms with van der Waals surface area (Å²) in [6.07, 6.45) is 0. The second-order valence-corrected chi connectivity index (χ2v) is 8.94. The number of fused-ring (bicyclic) bond motifs is 1. The van der Waals surface area contributed by atoms with Crippen LogP contribution in [-0.2, 0) is 20.0 Å². The fourth-order valence-electron chi connectivity index (χ4n) is 3.60. The molecule has 35 heavy (non-hydrogen) atoms. The van der Waals surface area contributed by atoms with Crippen LogP contribution in [0.3, 0.4) is 0 Å². The number of aromatic nitrogens is 3. The zero-order valence-electron chi connectivity index (χ0n) is 18.9. The summed E-state index contributed by atoms with van der Waals surface area (Å²) in [6, 6.07) is 12.8. The number of nitro groups is 1. The lowest BCUT2D eigenvalue weighted by molar-refractivity contribution is -0.384. The molecule has 182 valence electrons. The van der Waals surface area contributed by atoms with Crippen molar-refractivity contribution in [2.45, 2.75) is 23.9 Å². The minimum atomic E-state index is -0.690. The lowest BCUT2D eigenvalue weighted by Crippen LogP contribution is -2.30. The Morgan fingerprint density at radius 3 is 2.66 bits per heavy atom. The number of nitrogens with zero attached hydrogens (tertiary/aromatic N) is 4. The summed E-state index contributed by atoms with van der Waals surface area (Å²) in [5, 5.41) is 20.0. The lowest BCUT2D eigenvalue weighted by atomic mass is 9.95. The van der Waals surface area contributed by atoms with E-state index in [-0.39, 0.29) is 18.9 Å². The quantitative estimate of drug-likeness (QED) is 0.143. The van der Waals surface area contributed by atoms with Crippen molar-refractivity contribution in [2.24, 2.45) is 0 Å². The maximum Gasteiger partial charge on any atom is 0.338 e. The molecule has 0 unspecified atom stereocenters. The molecule has 1 atom stereocenters. The highest BCUT2D eigenvalue weighted by molar-refractivity contribution is 7.98. The second-order valence-electron chi connectivity index (χ2n) is 7.59. The van der Waals surface area contributed by atoms with Crippen LogP contribution in [0.15, 0.2) is 65.0 Å². The van der Waals surface area contributed by atoms with Crippen molar-refractivity contribution in [1.29, 1.82) is 0 Å². The molecular formula is C23H22ClN5O5S. The Morgan fingerprint density at radius 1 is 1.23 bits per heavy atom. The Labute approximate surface area is 210 Å². The summed E-state index contributed by atoms with van der Waals surface area (Å²) in [7, 11) is 1.52. The fraction of sp³-hybridized carbons (Fsp3) is 0.261. The first-order valence-electron chi connectivity index (χ1n) is 10.6. The molecule has 2 heterocycles. The van der Waals surface area contributed by atoms with Crippen LogP contribution >= 0.6 is 23.4 Å². The highest BCUT2D eigenvalue weighted by atomic mass is 35.5. The van der Waals surface area contributed by atoms with Crippen molar-refractivity contribution in [3.63, 3.8) is 0 Å². The van der Waals surface area contributed by atoms with E-state index in [0.29, 0.717) is 38.7 Å². The molecule has 0 aliphatic carbocycles. The van der Waals surface area contributed by atoms with Crippen LogP contribution < -0.4 is 5.32 Å². The van der Waals surface area contributed by atoms with E-state index in [1.165, 1.54) is 31.0 Å². The van der Waals surface area contributed by atoms with Crippen LogP contribution in [0.2, 0.25) is 5.02 Å². The minimum absolute atomic E-state index is 0.0533. The van der Waals surface area contributed by atoms with E-state index in [9.17, 15) is 14.9 Å². The summed E-state index contributed by atoms with van der Waals surface area (Å²) in [6.45, 7) is 2.09. The average molecular weight is 516 g/mol. The third kappa shape index (κ3) is 5.47. The van der Waals surface area contributed by atoms with Crippen LogP contribution in [0.25, 0.3) is 0 Å². The van der Waals surface area contributed by atoms with Gasteiger partial charge in [-0.1, -0.05) is 41.6 Å². The lowest BCUT2D eigenvalue weighted by Gasteiger charge is -2.28. The first-order chi connectivity index (χ1) is 16.9. The molecule has 0 bridgehead atoms. The molecular weight excluding hydrogens is 494 g/mol. The Morgan fingerprint density at radius 2 is 1.97 bits per heavy atom. The number of rotatable bonds is 9. The number of methoxy groups -OCH3 is 1. The number of thioether (sulfide) groups is 1. The van der Waals surface area contributed by atoms with Crippen molar-refractivity contribution in [1.82, 2.24) is 14.8 Å². The van der Waals surface area contributed by atoms with E-state index in [4.69, 9.17) is 21.1 Å². The Balaban J connectivity index is 1.68. The van der Waals surface area contributed by atoms with E-state index in [0.717, 1.165) is 5.56 Å². The molecule has 0 radical (unpaired) electrons. The molecule has 0 fully saturated rings. The van der Waals surface area contributed by atoms with Crippen molar-refractivity contribution in [3.8, 4) is 0 Å². The van der Waals surface area contributed by atoms with Crippen LogP contribution in [0.5, 0.6) is 0 Å². The van der Waals surface area contributed by atoms with Gasteiger partial charge in [-0.3, -0.25) is 10.1 Å². The normalized spacial score (nSPS) is 14.9. The minimum Gasteiger partial charge on any atom is -0.460 e. The molecule has 0 amide bonds. The predicted octanol–water partition coefficient (Wildman–Crippen LogP) is 4.61. The van der Waals surface area contributed by atoms with E-state index in [1.54, 1.807) is 23.7 Å². The molecule has 0 spiro atoms. The molecule has 0 saturated carbocycles. The van der Waals surface area contributed by atoms with Crippen LogP contribution in [0.1, 0.15) is 24.1 Å². The number of hydrogen-bond donors (Lipinski definition) is 1. The number of nitro benzene ring substituents is 1. The van der Waals surface area contributed by atoms with Crippen molar-refractivity contribution in [3.05, 3.63) is 86.1 Å². The molecule has 1 N–H and O–H groups in total. The number of carbonyl (C=O) groups excluding carboxylic acids is 1. The van der Waals surface area contributed by atoms with E-state index in [2.05, 4.69) is 15.4 Å². The molecule has 1 aliphatic rings. The molecule has 12 heteroatoms. The molecule has 10 nitrogen and oxygen atoms in total. The molecule has 4 rings (SSSR count). The van der Waals surface area contributed by atoms with Gasteiger partial charge in [-0.25, -0.2) is 9.48 Å². The van der Waals surface area contributed by atoms with Gasteiger partial charge in [0.05, 0.1) is 17.1 Å². The number of esters is 1. The van der Waals surface area contributed by atoms with E-state index >= 15 is 0 Å². The summed E-state index contributed by atoms with van der Waals surface area (Å²) >= 11 is 7.67. The van der Waals surface area contributed by atoms with Crippen molar-refractivity contribution in [2.75, 3.05) is 25.6 Å². The number of carbonyl (C=O) groups is 1. The number of anilines is 1. The van der Waals surface area contributed by atoms with Gasteiger partial charge in [0.2, 0.25) is 11.1 Å². The van der Waals surface area contributed by atoms with Crippen molar-refractivity contribution >= 4 is 41.0 Å². The van der Waals surface area contributed by atoms with E-state index < -0.39 is 16.9 Å². The maximum atomic E-state index is 13.0. The van der Waals surface area contributed by atoms with Crippen LogP contribution in [0, 0.1) is 10.1 Å². The number of allylic oxidation sites excluding steroid dienone is 1. The number of non-ortho nitro benzene ring substituents is 1.